The Kier molecular flexibility index (Phi) is 6.75. The summed E-state index contributed by atoms with van der Waals surface area (Å²) in [6.07, 6.45) is 12.8. The molecular formula is C25H33FN4S. The molecule has 0 aromatic carbocycles. The number of aromatic nitrogens is 1. The van der Waals surface area contributed by atoms with Crippen LogP contribution < -0.4 is 10.6 Å². The summed E-state index contributed by atoms with van der Waals surface area (Å²) in [5.74, 6) is 1.46. The van der Waals surface area contributed by atoms with E-state index in [4.69, 9.17) is 10.7 Å². The summed E-state index contributed by atoms with van der Waals surface area (Å²) in [6.45, 7) is 5.92. The Labute approximate surface area is 189 Å². The van der Waals surface area contributed by atoms with Crippen LogP contribution in [-0.4, -0.2) is 36.2 Å². The largest absolute Gasteiger partial charge is 0.404 e. The van der Waals surface area contributed by atoms with Crippen molar-refractivity contribution in [3.63, 3.8) is 0 Å². The number of nitrogens with zero attached hydrogens (tertiary/aromatic N) is 3. The van der Waals surface area contributed by atoms with Gasteiger partial charge in [0.25, 0.3) is 0 Å². The molecule has 0 bridgehead atoms. The smallest absolute Gasteiger partial charge is 0.128 e. The molecule has 31 heavy (non-hydrogen) atoms. The summed E-state index contributed by atoms with van der Waals surface area (Å²) in [6, 6.07) is 4.31. The van der Waals surface area contributed by atoms with E-state index in [9.17, 15) is 4.39 Å². The third kappa shape index (κ3) is 4.69. The highest BCUT2D eigenvalue weighted by Gasteiger charge is 2.32. The Morgan fingerprint density at radius 1 is 1.39 bits per heavy atom. The molecular weight excluding hydrogens is 407 g/mol. The number of halogens is 1. The molecule has 1 saturated heterocycles. The van der Waals surface area contributed by atoms with Gasteiger partial charge in [-0.25, -0.2) is 9.37 Å². The molecule has 1 aromatic heterocycles. The molecule has 2 atom stereocenters. The lowest BCUT2D eigenvalue weighted by atomic mass is 9.92. The first-order chi connectivity index (χ1) is 15.0. The first kappa shape index (κ1) is 22.0. The molecule has 2 aliphatic heterocycles. The SMILES string of the molecule is CCCC(F)CC1CN(c2ccc(C3SC4=C(CC=CC(/C(C)=C/N)=C4)N3C)cn2)C1. The van der Waals surface area contributed by atoms with Crippen LogP contribution >= 0.6 is 11.8 Å². The van der Waals surface area contributed by atoms with Crippen molar-refractivity contribution in [1.29, 1.82) is 0 Å². The molecule has 0 radical (unpaired) electrons. The molecule has 2 N–H and O–H groups in total. The van der Waals surface area contributed by atoms with Crippen LogP contribution in [-0.2, 0) is 0 Å². The van der Waals surface area contributed by atoms with Gasteiger partial charge >= 0.3 is 0 Å². The summed E-state index contributed by atoms with van der Waals surface area (Å²) in [5, 5.41) is 0.225. The van der Waals surface area contributed by atoms with Crippen molar-refractivity contribution in [2.45, 2.75) is 51.1 Å². The van der Waals surface area contributed by atoms with Crippen LogP contribution in [0.4, 0.5) is 10.2 Å². The molecule has 0 saturated carbocycles. The molecule has 1 aliphatic carbocycles. The minimum Gasteiger partial charge on any atom is -0.404 e. The van der Waals surface area contributed by atoms with Crippen LogP contribution in [0.2, 0.25) is 0 Å². The second kappa shape index (κ2) is 9.51. The number of pyridine rings is 1. The molecule has 3 aliphatic rings. The van der Waals surface area contributed by atoms with E-state index in [2.05, 4.69) is 47.2 Å². The number of nitrogens with two attached hydrogens (primary N) is 1. The zero-order chi connectivity index (χ0) is 22.0. The predicted octanol–water partition coefficient (Wildman–Crippen LogP) is 5.68. The Hall–Kier alpha value is -2.21. The van der Waals surface area contributed by atoms with E-state index in [1.165, 1.54) is 21.7 Å². The van der Waals surface area contributed by atoms with Crippen LogP contribution in [0.25, 0.3) is 0 Å². The van der Waals surface area contributed by atoms with Gasteiger partial charge in [-0.2, -0.15) is 0 Å². The average Bonchev–Trinajstić information content (AvgIpc) is 2.91. The highest BCUT2D eigenvalue weighted by Crippen LogP contribution is 2.49. The fraction of sp³-hybridized carbons (Fsp3) is 0.480. The number of allylic oxidation sites excluding steroid dienone is 5. The van der Waals surface area contributed by atoms with Crippen LogP contribution in [0.3, 0.4) is 0 Å². The third-order valence-corrected chi connectivity index (χ3v) is 7.85. The van der Waals surface area contributed by atoms with Gasteiger partial charge in [-0.3, -0.25) is 0 Å². The summed E-state index contributed by atoms with van der Waals surface area (Å²) < 4.78 is 13.8. The van der Waals surface area contributed by atoms with Gasteiger partial charge in [0.15, 0.2) is 0 Å². The van der Waals surface area contributed by atoms with Crippen molar-refractivity contribution in [3.8, 4) is 0 Å². The van der Waals surface area contributed by atoms with Crippen LogP contribution in [0.15, 0.2) is 64.5 Å². The van der Waals surface area contributed by atoms with E-state index in [0.29, 0.717) is 18.8 Å². The van der Waals surface area contributed by atoms with E-state index in [-0.39, 0.29) is 5.37 Å². The predicted molar refractivity (Wildman–Crippen MR) is 129 cm³/mol. The molecule has 6 heteroatoms. The number of anilines is 1. The maximum Gasteiger partial charge on any atom is 0.128 e. The quantitative estimate of drug-likeness (QED) is 0.591. The standard InChI is InChI=1S/C25H33FN4S/c1-4-6-21(26)11-18-15-30(16-18)24-10-9-20(14-28-24)25-29(3)22-8-5-7-19(17(2)13-27)12-23(22)31-25/h5,7,9-10,12-14,18,21,25H,4,6,8,11,15-16,27H2,1-3H3/b17-13+. The molecule has 166 valence electrons. The van der Waals surface area contributed by atoms with Crippen LogP contribution in [0.1, 0.15) is 50.5 Å². The molecule has 0 spiro atoms. The van der Waals surface area contributed by atoms with Gasteiger partial charge in [0.1, 0.15) is 17.4 Å². The molecule has 0 amide bonds. The minimum absolute atomic E-state index is 0.225. The van der Waals surface area contributed by atoms with E-state index in [1.54, 1.807) is 6.20 Å². The zero-order valence-corrected chi connectivity index (χ0v) is 19.5. The number of hydrogen-bond acceptors (Lipinski definition) is 5. The molecule has 4 rings (SSSR count). The second-order valence-electron chi connectivity index (χ2n) is 8.79. The van der Waals surface area contributed by atoms with Crippen LogP contribution in [0, 0.1) is 5.92 Å². The Bertz CT molecular complexity index is 912. The molecule has 4 nitrogen and oxygen atoms in total. The summed E-state index contributed by atoms with van der Waals surface area (Å²) in [4.78, 5) is 10.7. The third-order valence-electron chi connectivity index (χ3n) is 6.43. The van der Waals surface area contributed by atoms with Crippen molar-refractivity contribution < 1.29 is 4.39 Å². The number of rotatable bonds is 7. The fourth-order valence-electron chi connectivity index (χ4n) is 4.49. The Morgan fingerprint density at radius 2 is 2.19 bits per heavy atom. The highest BCUT2D eigenvalue weighted by atomic mass is 32.2. The monoisotopic (exact) mass is 440 g/mol. The summed E-state index contributed by atoms with van der Waals surface area (Å²) in [5.41, 5.74) is 10.5. The number of thioether (sulfide) groups is 1. The molecule has 2 unspecified atom stereocenters. The minimum atomic E-state index is -0.654. The number of hydrogen-bond donors (Lipinski definition) is 1. The highest BCUT2D eigenvalue weighted by molar-refractivity contribution is 8.03. The Morgan fingerprint density at radius 3 is 2.87 bits per heavy atom. The second-order valence-corrected chi connectivity index (χ2v) is 9.91. The van der Waals surface area contributed by atoms with Gasteiger partial charge in [0, 0.05) is 48.9 Å². The van der Waals surface area contributed by atoms with Crippen molar-refractivity contribution in [2.24, 2.45) is 11.7 Å². The molecule has 3 heterocycles. The summed E-state index contributed by atoms with van der Waals surface area (Å²) >= 11 is 1.87. The van der Waals surface area contributed by atoms with Gasteiger partial charge in [-0.1, -0.05) is 43.3 Å². The van der Waals surface area contributed by atoms with Crippen molar-refractivity contribution >= 4 is 17.6 Å². The normalized spacial score (nSPS) is 22.9. The average molecular weight is 441 g/mol. The first-order valence-electron chi connectivity index (χ1n) is 11.2. The zero-order valence-electron chi connectivity index (χ0n) is 18.7. The van der Waals surface area contributed by atoms with E-state index < -0.39 is 6.17 Å². The van der Waals surface area contributed by atoms with Crippen molar-refractivity contribution in [2.75, 3.05) is 25.0 Å². The number of alkyl halides is 1. The van der Waals surface area contributed by atoms with Crippen molar-refractivity contribution in [1.82, 2.24) is 9.88 Å². The summed E-state index contributed by atoms with van der Waals surface area (Å²) in [7, 11) is 2.16. The maximum absolute atomic E-state index is 13.8. The van der Waals surface area contributed by atoms with Gasteiger partial charge in [0.05, 0.1) is 0 Å². The lowest BCUT2D eigenvalue weighted by Crippen LogP contribution is -2.48. The lowest BCUT2D eigenvalue weighted by molar-refractivity contribution is 0.229. The van der Waals surface area contributed by atoms with E-state index >= 15 is 0 Å². The molecule has 1 aromatic rings. The van der Waals surface area contributed by atoms with Crippen molar-refractivity contribution in [3.05, 3.63) is 70.1 Å². The fourth-order valence-corrected chi connectivity index (χ4v) is 5.85. The molecule has 1 fully saturated rings. The van der Waals surface area contributed by atoms with Crippen LogP contribution in [0.5, 0.6) is 0 Å². The Balaban J connectivity index is 1.39. The van der Waals surface area contributed by atoms with Gasteiger partial charge in [0.2, 0.25) is 0 Å². The van der Waals surface area contributed by atoms with E-state index in [1.807, 2.05) is 31.8 Å². The van der Waals surface area contributed by atoms with Gasteiger partial charge in [-0.05, 0) is 55.2 Å². The van der Waals surface area contributed by atoms with E-state index in [0.717, 1.165) is 37.3 Å². The van der Waals surface area contributed by atoms with Gasteiger partial charge < -0.3 is 15.5 Å². The topological polar surface area (TPSA) is 45.4 Å². The first-order valence-corrected chi connectivity index (χ1v) is 12.1. The lowest BCUT2D eigenvalue weighted by Gasteiger charge is -2.41. The maximum atomic E-state index is 13.8. The van der Waals surface area contributed by atoms with Gasteiger partial charge in [-0.15, -0.1) is 0 Å².